The first-order chi connectivity index (χ1) is 7.16. The Labute approximate surface area is 93.9 Å². The Balaban J connectivity index is 2.59. The molecule has 0 saturated heterocycles. The predicted octanol–water partition coefficient (Wildman–Crippen LogP) is 3.79. The van der Waals surface area contributed by atoms with Crippen molar-refractivity contribution in [3.63, 3.8) is 0 Å². The van der Waals surface area contributed by atoms with Gasteiger partial charge in [0.2, 0.25) is 0 Å². The molecule has 76 valence electrons. The summed E-state index contributed by atoms with van der Waals surface area (Å²) >= 11 is 3.23. The van der Waals surface area contributed by atoms with E-state index in [1.165, 1.54) is 12.1 Å². The molecule has 0 bridgehead atoms. The Morgan fingerprint density at radius 3 is 2.33 bits per heavy atom. The number of aromatic nitrogens is 1. The lowest BCUT2D eigenvalue weighted by Crippen LogP contribution is -1.86. The summed E-state index contributed by atoms with van der Waals surface area (Å²) in [7, 11) is 0. The van der Waals surface area contributed by atoms with Gasteiger partial charge < -0.3 is 0 Å². The van der Waals surface area contributed by atoms with Crippen molar-refractivity contribution in [3.05, 3.63) is 52.8 Å². The summed E-state index contributed by atoms with van der Waals surface area (Å²) in [6.45, 7) is 0. The van der Waals surface area contributed by atoms with E-state index in [4.69, 9.17) is 0 Å². The van der Waals surface area contributed by atoms with Crippen LogP contribution in [0.4, 0.5) is 8.78 Å². The van der Waals surface area contributed by atoms with Gasteiger partial charge >= 0.3 is 0 Å². The maximum Gasteiger partial charge on any atom is 0.126 e. The minimum Gasteiger partial charge on any atom is -0.249 e. The molecule has 1 aromatic heterocycles. The molecule has 4 heteroatoms. The molecule has 0 unspecified atom stereocenters. The van der Waals surface area contributed by atoms with Crippen LogP contribution in [0.25, 0.3) is 11.1 Å². The van der Waals surface area contributed by atoms with Gasteiger partial charge in [0.15, 0.2) is 0 Å². The number of nitrogens with zero attached hydrogens (tertiary/aromatic N) is 1. The average molecular weight is 270 g/mol. The number of pyridine rings is 1. The first-order valence-corrected chi connectivity index (χ1v) is 5.03. The smallest absolute Gasteiger partial charge is 0.126 e. The molecular formula is C11H6BrF2N. The molecular weight excluding hydrogens is 264 g/mol. The van der Waals surface area contributed by atoms with Crippen LogP contribution in [0.15, 0.2) is 41.1 Å². The van der Waals surface area contributed by atoms with Crippen LogP contribution in [0.3, 0.4) is 0 Å². The molecule has 0 aliphatic carbocycles. The van der Waals surface area contributed by atoms with E-state index in [-0.39, 0.29) is 0 Å². The van der Waals surface area contributed by atoms with Crippen LogP contribution in [0, 0.1) is 11.6 Å². The molecule has 1 aromatic carbocycles. The van der Waals surface area contributed by atoms with Gasteiger partial charge in [0.1, 0.15) is 16.2 Å². The van der Waals surface area contributed by atoms with Crippen molar-refractivity contribution in [1.82, 2.24) is 4.98 Å². The Morgan fingerprint density at radius 1 is 1.07 bits per heavy atom. The van der Waals surface area contributed by atoms with Crippen molar-refractivity contribution in [3.8, 4) is 11.1 Å². The molecule has 1 nitrogen and oxygen atoms in total. The third-order valence-electron chi connectivity index (χ3n) is 1.93. The van der Waals surface area contributed by atoms with Gasteiger partial charge in [-0.1, -0.05) is 6.07 Å². The van der Waals surface area contributed by atoms with E-state index in [0.717, 1.165) is 6.07 Å². The molecule has 0 spiro atoms. The second-order valence-corrected chi connectivity index (χ2v) is 3.75. The molecule has 2 rings (SSSR count). The first-order valence-electron chi connectivity index (χ1n) is 4.24. The summed E-state index contributed by atoms with van der Waals surface area (Å²) in [4.78, 5) is 3.99. The van der Waals surface area contributed by atoms with Gasteiger partial charge in [-0.05, 0) is 39.7 Å². The lowest BCUT2D eigenvalue weighted by Gasteiger charge is -2.03. The van der Waals surface area contributed by atoms with E-state index in [1.54, 1.807) is 18.3 Å². The average Bonchev–Trinajstić information content (AvgIpc) is 2.16. The van der Waals surface area contributed by atoms with Crippen LogP contribution in [0.2, 0.25) is 0 Å². The van der Waals surface area contributed by atoms with Crippen molar-refractivity contribution in [2.24, 2.45) is 0 Å². The Hall–Kier alpha value is -1.29. The monoisotopic (exact) mass is 269 g/mol. The van der Waals surface area contributed by atoms with Crippen molar-refractivity contribution in [2.45, 2.75) is 0 Å². The van der Waals surface area contributed by atoms with Crippen LogP contribution in [0.1, 0.15) is 0 Å². The Morgan fingerprint density at radius 2 is 1.73 bits per heavy atom. The fourth-order valence-electron chi connectivity index (χ4n) is 1.31. The van der Waals surface area contributed by atoms with Crippen molar-refractivity contribution in [2.75, 3.05) is 0 Å². The fourth-order valence-corrected chi connectivity index (χ4v) is 1.79. The van der Waals surface area contributed by atoms with Crippen LogP contribution in [-0.2, 0) is 0 Å². The van der Waals surface area contributed by atoms with Gasteiger partial charge in [-0.3, -0.25) is 0 Å². The van der Waals surface area contributed by atoms with Gasteiger partial charge in [-0.2, -0.15) is 0 Å². The largest absolute Gasteiger partial charge is 0.249 e. The van der Waals surface area contributed by atoms with Gasteiger partial charge in [0.05, 0.1) is 0 Å². The fraction of sp³-hybridized carbons (Fsp3) is 0. The molecule has 0 amide bonds. The van der Waals surface area contributed by atoms with Crippen LogP contribution >= 0.6 is 15.9 Å². The van der Waals surface area contributed by atoms with Crippen molar-refractivity contribution < 1.29 is 8.78 Å². The molecule has 2 aromatic rings. The highest BCUT2D eigenvalue weighted by molar-refractivity contribution is 9.10. The highest BCUT2D eigenvalue weighted by Crippen LogP contribution is 2.27. The molecule has 1 heterocycles. The zero-order valence-corrected chi connectivity index (χ0v) is 9.13. The van der Waals surface area contributed by atoms with Crippen molar-refractivity contribution >= 4 is 15.9 Å². The summed E-state index contributed by atoms with van der Waals surface area (Å²) in [5, 5.41) is 0. The van der Waals surface area contributed by atoms with E-state index < -0.39 is 11.6 Å². The topological polar surface area (TPSA) is 12.9 Å². The summed E-state index contributed by atoms with van der Waals surface area (Å²) in [6, 6.07) is 6.83. The molecule has 0 aliphatic rings. The highest BCUT2D eigenvalue weighted by atomic mass is 79.9. The van der Waals surface area contributed by atoms with Gasteiger partial charge in [-0.15, -0.1) is 0 Å². The van der Waals surface area contributed by atoms with Gasteiger partial charge in [0.25, 0.3) is 0 Å². The molecule has 0 radical (unpaired) electrons. The van der Waals surface area contributed by atoms with Crippen LogP contribution in [-0.4, -0.2) is 4.98 Å². The maximum absolute atomic E-state index is 13.0. The van der Waals surface area contributed by atoms with Crippen LogP contribution < -0.4 is 0 Å². The van der Waals surface area contributed by atoms with Gasteiger partial charge in [-0.25, -0.2) is 13.8 Å². The quantitative estimate of drug-likeness (QED) is 0.718. The zero-order valence-electron chi connectivity index (χ0n) is 7.55. The summed E-state index contributed by atoms with van der Waals surface area (Å²) in [5.41, 5.74) is 1.13. The standard InChI is InChI=1S/C11H6BrF2N/c12-11-10(2-1-3-15-11)7-4-8(13)6-9(14)5-7/h1-6H. The maximum atomic E-state index is 13.0. The zero-order chi connectivity index (χ0) is 10.8. The second kappa shape index (κ2) is 4.06. The Kier molecular flexibility index (Phi) is 2.77. The minimum absolute atomic E-state index is 0.465. The van der Waals surface area contributed by atoms with E-state index in [9.17, 15) is 8.78 Å². The molecule has 0 saturated carbocycles. The number of halogens is 3. The second-order valence-electron chi connectivity index (χ2n) is 3.00. The SMILES string of the molecule is Fc1cc(F)cc(-c2cccnc2Br)c1. The molecule has 0 aliphatic heterocycles. The van der Waals surface area contributed by atoms with E-state index >= 15 is 0 Å². The van der Waals surface area contributed by atoms with Crippen LogP contribution in [0.5, 0.6) is 0 Å². The normalized spacial score (nSPS) is 10.3. The number of hydrogen-bond acceptors (Lipinski definition) is 1. The van der Waals surface area contributed by atoms with E-state index in [2.05, 4.69) is 20.9 Å². The number of benzene rings is 1. The molecule has 15 heavy (non-hydrogen) atoms. The Bertz CT molecular complexity index is 479. The third kappa shape index (κ3) is 2.21. The first kappa shape index (κ1) is 10.2. The summed E-state index contributed by atoms with van der Waals surface area (Å²) < 4.78 is 26.5. The summed E-state index contributed by atoms with van der Waals surface area (Å²) in [6.07, 6.45) is 1.60. The van der Waals surface area contributed by atoms with Crippen molar-refractivity contribution in [1.29, 1.82) is 0 Å². The third-order valence-corrected chi connectivity index (χ3v) is 2.56. The molecule has 0 N–H and O–H groups in total. The predicted molar refractivity (Wildman–Crippen MR) is 57.3 cm³/mol. The van der Waals surface area contributed by atoms with Gasteiger partial charge in [0, 0.05) is 17.8 Å². The highest BCUT2D eigenvalue weighted by Gasteiger charge is 2.06. The minimum atomic E-state index is -0.597. The lowest BCUT2D eigenvalue weighted by atomic mass is 10.1. The van der Waals surface area contributed by atoms with E-state index in [1.807, 2.05) is 0 Å². The molecule has 0 fully saturated rings. The molecule has 0 atom stereocenters. The van der Waals surface area contributed by atoms with E-state index in [0.29, 0.717) is 15.7 Å². The summed E-state index contributed by atoms with van der Waals surface area (Å²) in [5.74, 6) is -1.19. The number of rotatable bonds is 1. The lowest BCUT2D eigenvalue weighted by molar-refractivity contribution is 0.584. The number of hydrogen-bond donors (Lipinski definition) is 0.